The van der Waals surface area contributed by atoms with E-state index in [0.717, 1.165) is 6.54 Å². The Morgan fingerprint density at radius 3 is 2.18 bits per heavy atom. The van der Waals surface area contributed by atoms with Crippen LogP contribution in [0.1, 0.15) is 47.0 Å². The molecular formula is C10H23N. The predicted molar refractivity (Wildman–Crippen MR) is 51.8 cm³/mol. The minimum Gasteiger partial charge on any atom is -0.316 e. The Labute approximate surface area is 71.6 Å². The molecule has 0 saturated carbocycles. The molecule has 0 spiro atoms. The summed E-state index contributed by atoms with van der Waals surface area (Å²) in [5, 5.41) is 3.42. The molecule has 1 atom stereocenters. The van der Waals surface area contributed by atoms with Gasteiger partial charge in [-0.1, -0.05) is 34.1 Å². The smallest absolute Gasteiger partial charge is 0.000494 e. The number of hydrogen-bond donors (Lipinski definition) is 1. The molecule has 0 radical (unpaired) electrons. The molecule has 1 nitrogen and oxygen atoms in total. The lowest BCUT2D eigenvalue weighted by Gasteiger charge is -2.27. The third kappa shape index (κ3) is 4.41. The van der Waals surface area contributed by atoms with Crippen LogP contribution in [0.2, 0.25) is 0 Å². The van der Waals surface area contributed by atoms with Crippen LogP contribution in [0.4, 0.5) is 0 Å². The highest BCUT2D eigenvalue weighted by molar-refractivity contribution is 4.74. The first-order valence-corrected chi connectivity index (χ1v) is 4.89. The molecule has 68 valence electrons. The van der Waals surface area contributed by atoms with Crippen LogP contribution in [-0.2, 0) is 0 Å². The van der Waals surface area contributed by atoms with Crippen LogP contribution in [0.25, 0.3) is 0 Å². The zero-order chi connectivity index (χ0) is 8.74. The highest BCUT2D eigenvalue weighted by Gasteiger charge is 2.19. The van der Waals surface area contributed by atoms with Gasteiger partial charge in [-0.2, -0.15) is 0 Å². The number of nitrogens with one attached hydrogen (secondary N) is 1. The second-order valence-electron chi connectivity index (χ2n) is 3.69. The average molecular weight is 157 g/mol. The van der Waals surface area contributed by atoms with Gasteiger partial charge < -0.3 is 5.32 Å². The van der Waals surface area contributed by atoms with Gasteiger partial charge in [-0.25, -0.2) is 0 Å². The third-order valence-corrected chi connectivity index (χ3v) is 2.51. The molecule has 0 amide bonds. The summed E-state index contributed by atoms with van der Waals surface area (Å²) in [4.78, 5) is 0. The van der Waals surface area contributed by atoms with Gasteiger partial charge in [0.25, 0.3) is 0 Å². The molecule has 1 N–H and O–H groups in total. The molecule has 0 aliphatic carbocycles. The Morgan fingerprint density at radius 2 is 1.82 bits per heavy atom. The van der Waals surface area contributed by atoms with Crippen LogP contribution >= 0.6 is 0 Å². The Hall–Kier alpha value is -0.0400. The molecule has 0 aromatic rings. The molecular weight excluding hydrogens is 134 g/mol. The summed E-state index contributed by atoms with van der Waals surface area (Å²) in [6, 6.07) is 0. The van der Waals surface area contributed by atoms with Gasteiger partial charge in [-0.15, -0.1) is 0 Å². The topological polar surface area (TPSA) is 12.0 Å². The SMILES string of the molecule is CCC[C@](C)(CC)CNCC. The minimum absolute atomic E-state index is 0.532. The summed E-state index contributed by atoms with van der Waals surface area (Å²) in [6.07, 6.45) is 3.93. The Morgan fingerprint density at radius 1 is 1.18 bits per heavy atom. The van der Waals surface area contributed by atoms with Crippen molar-refractivity contribution in [3.05, 3.63) is 0 Å². The first-order chi connectivity index (χ1) is 5.18. The fraction of sp³-hybridized carbons (Fsp3) is 1.00. The van der Waals surface area contributed by atoms with E-state index in [1.54, 1.807) is 0 Å². The van der Waals surface area contributed by atoms with Crippen molar-refractivity contribution in [2.75, 3.05) is 13.1 Å². The van der Waals surface area contributed by atoms with Gasteiger partial charge in [-0.05, 0) is 24.8 Å². The second-order valence-corrected chi connectivity index (χ2v) is 3.69. The van der Waals surface area contributed by atoms with Crippen LogP contribution in [0, 0.1) is 5.41 Å². The van der Waals surface area contributed by atoms with E-state index in [-0.39, 0.29) is 0 Å². The number of rotatable bonds is 6. The van der Waals surface area contributed by atoms with Crippen molar-refractivity contribution in [1.82, 2.24) is 5.32 Å². The number of hydrogen-bond acceptors (Lipinski definition) is 1. The predicted octanol–water partition coefficient (Wildman–Crippen LogP) is 2.81. The lowest BCUT2D eigenvalue weighted by molar-refractivity contribution is 0.269. The van der Waals surface area contributed by atoms with Crippen molar-refractivity contribution in [3.8, 4) is 0 Å². The van der Waals surface area contributed by atoms with Crippen molar-refractivity contribution in [2.24, 2.45) is 5.41 Å². The summed E-state index contributed by atoms with van der Waals surface area (Å²) < 4.78 is 0. The third-order valence-electron chi connectivity index (χ3n) is 2.51. The van der Waals surface area contributed by atoms with Crippen LogP contribution in [-0.4, -0.2) is 13.1 Å². The summed E-state index contributed by atoms with van der Waals surface area (Å²) in [7, 11) is 0. The van der Waals surface area contributed by atoms with Crippen molar-refractivity contribution < 1.29 is 0 Å². The van der Waals surface area contributed by atoms with Gasteiger partial charge in [-0.3, -0.25) is 0 Å². The standard InChI is InChI=1S/C10H23N/c1-5-8-10(4,6-2)9-11-7-3/h11H,5-9H2,1-4H3/t10-/m0/s1. The lowest BCUT2D eigenvalue weighted by atomic mass is 9.83. The van der Waals surface area contributed by atoms with Gasteiger partial charge in [0.05, 0.1) is 0 Å². The van der Waals surface area contributed by atoms with E-state index in [4.69, 9.17) is 0 Å². The van der Waals surface area contributed by atoms with Crippen molar-refractivity contribution >= 4 is 0 Å². The van der Waals surface area contributed by atoms with E-state index in [1.165, 1.54) is 25.8 Å². The van der Waals surface area contributed by atoms with E-state index in [1.807, 2.05) is 0 Å². The Bertz CT molecular complexity index is 90.9. The highest BCUT2D eigenvalue weighted by atomic mass is 14.9. The first-order valence-electron chi connectivity index (χ1n) is 4.89. The molecule has 0 aromatic carbocycles. The van der Waals surface area contributed by atoms with Crippen molar-refractivity contribution in [1.29, 1.82) is 0 Å². The van der Waals surface area contributed by atoms with E-state index in [9.17, 15) is 0 Å². The van der Waals surface area contributed by atoms with E-state index < -0.39 is 0 Å². The van der Waals surface area contributed by atoms with Gasteiger partial charge in [0.2, 0.25) is 0 Å². The highest BCUT2D eigenvalue weighted by Crippen LogP contribution is 2.25. The maximum absolute atomic E-state index is 3.42. The molecule has 11 heavy (non-hydrogen) atoms. The normalized spacial score (nSPS) is 16.4. The first kappa shape index (κ1) is 11.0. The summed E-state index contributed by atoms with van der Waals surface area (Å²) >= 11 is 0. The molecule has 0 unspecified atom stereocenters. The largest absolute Gasteiger partial charge is 0.316 e. The maximum Gasteiger partial charge on any atom is 0.000494 e. The molecule has 0 rings (SSSR count). The molecule has 0 saturated heterocycles. The van der Waals surface area contributed by atoms with E-state index in [0.29, 0.717) is 5.41 Å². The van der Waals surface area contributed by atoms with Crippen LogP contribution in [0.5, 0.6) is 0 Å². The van der Waals surface area contributed by atoms with Gasteiger partial charge in [0, 0.05) is 6.54 Å². The average Bonchev–Trinajstić information content (AvgIpc) is 2.02. The Balaban J connectivity index is 3.68. The molecule has 0 aliphatic heterocycles. The summed E-state index contributed by atoms with van der Waals surface area (Å²) in [5.41, 5.74) is 0.532. The van der Waals surface area contributed by atoms with E-state index >= 15 is 0 Å². The van der Waals surface area contributed by atoms with Gasteiger partial charge >= 0.3 is 0 Å². The minimum atomic E-state index is 0.532. The molecule has 0 aliphatic rings. The molecule has 0 fully saturated rings. The molecule has 0 aromatic heterocycles. The van der Waals surface area contributed by atoms with Crippen molar-refractivity contribution in [2.45, 2.75) is 47.0 Å². The fourth-order valence-corrected chi connectivity index (χ4v) is 1.42. The second kappa shape index (κ2) is 5.59. The summed E-state index contributed by atoms with van der Waals surface area (Å²) in [5.74, 6) is 0. The van der Waals surface area contributed by atoms with Crippen LogP contribution in [0.3, 0.4) is 0 Å². The Kier molecular flexibility index (Phi) is 5.57. The maximum atomic E-state index is 3.42. The van der Waals surface area contributed by atoms with Crippen molar-refractivity contribution in [3.63, 3.8) is 0 Å². The van der Waals surface area contributed by atoms with E-state index in [2.05, 4.69) is 33.0 Å². The molecule has 0 heterocycles. The lowest BCUT2D eigenvalue weighted by Crippen LogP contribution is -2.31. The zero-order valence-corrected chi connectivity index (χ0v) is 8.54. The van der Waals surface area contributed by atoms with Gasteiger partial charge in [0.1, 0.15) is 0 Å². The quantitative estimate of drug-likeness (QED) is 0.625. The van der Waals surface area contributed by atoms with Gasteiger partial charge in [0.15, 0.2) is 0 Å². The summed E-state index contributed by atoms with van der Waals surface area (Å²) in [6.45, 7) is 11.4. The molecule has 0 bridgehead atoms. The monoisotopic (exact) mass is 157 g/mol. The van der Waals surface area contributed by atoms with Crippen LogP contribution < -0.4 is 5.32 Å². The fourth-order valence-electron chi connectivity index (χ4n) is 1.42. The molecule has 1 heteroatoms. The zero-order valence-electron chi connectivity index (χ0n) is 8.54. The van der Waals surface area contributed by atoms with Crippen LogP contribution in [0.15, 0.2) is 0 Å².